The van der Waals surface area contributed by atoms with Crippen molar-refractivity contribution < 1.29 is 17.4 Å². The maximum absolute atomic E-state index is 10.3. The molecule has 0 aromatic heterocycles. The first-order valence-corrected chi connectivity index (χ1v) is 4.22. The van der Waals surface area contributed by atoms with E-state index in [1.807, 2.05) is 0 Å². The van der Waals surface area contributed by atoms with Gasteiger partial charge in [-0.15, -0.1) is 0 Å². The number of hydrogen-bond donors (Lipinski definition) is 1. The number of rotatable bonds is 0. The fourth-order valence-electron chi connectivity index (χ4n) is 1.45. The molecule has 1 nitrogen and oxygen atoms in total. The number of fused-ring (bicyclic) bond motifs is 3. The van der Waals surface area contributed by atoms with Gasteiger partial charge < -0.3 is 5.11 Å². The van der Waals surface area contributed by atoms with Crippen molar-refractivity contribution in [2.75, 3.05) is 0 Å². The SMILES string of the molecule is [2H]c1c([2H])c([2H])c2c(c1[2H])c([2H])c([2H])c1c([2H])c([2H])c([2H])c(O)c12. The Morgan fingerprint density at radius 3 is 2.47 bits per heavy atom. The van der Waals surface area contributed by atoms with Gasteiger partial charge in [-0.3, -0.25) is 0 Å². The fourth-order valence-corrected chi connectivity index (χ4v) is 1.45. The summed E-state index contributed by atoms with van der Waals surface area (Å²) in [5.41, 5.74) is 0. The Morgan fingerprint density at radius 1 is 0.800 bits per heavy atom. The molecule has 0 heterocycles. The Balaban J connectivity index is 2.87. The molecular formula is C14H10O. The minimum atomic E-state index is -0.741. The Morgan fingerprint density at radius 2 is 1.53 bits per heavy atom. The summed E-state index contributed by atoms with van der Waals surface area (Å²) in [6, 6.07) is -5.10. The Kier molecular flexibility index (Phi) is 0.646. The summed E-state index contributed by atoms with van der Waals surface area (Å²) in [6.07, 6.45) is 0. The Labute approximate surface area is 100 Å². The van der Waals surface area contributed by atoms with E-state index in [0.29, 0.717) is 0 Å². The van der Waals surface area contributed by atoms with Crippen LogP contribution in [0.3, 0.4) is 0 Å². The highest BCUT2D eigenvalue weighted by atomic mass is 16.3. The lowest BCUT2D eigenvalue weighted by atomic mass is 10.0. The molecule has 1 heteroatoms. The lowest BCUT2D eigenvalue weighted by Crippen LogP contribution is -1.77. The lowest BCUT2D eigenvalue weighted by Gasteiger charge is -2.05. The molecule has 0 saturated heterocycles. The van der Waals surface area contributed by atoms with Crippen molar-refractivity contribution in [2.24, 2.45) is 0 Å². The van der Waals surface area contributed by atoms with E-state index in [-0.39, 0.29) is 21.5 Å². The van der Waals surface area contributed by atoms with E-state index in [9.17, 15) is 5.11 Å². The smallest absolute Gasteiger partial charge is 0.124 e. The predicted molar refractivity (Wildman–Crippen MR) is 63.1 cm³/mol. The first-order valence-electron chi connectivity index (χ1n) is 8.72. The van der Waals surface area contributed by atoms with E-state index in [2.05, 4.69) is 0 Å². The van der Waals surface area contributed by atoms with Gasteiger partial charge in [-0.25, -0.2) is 0 Å². The molecule has 0 atom stereocenters. The Hall–Kier alpha value is -2.02. The number of phenolic OH excluding ortho intramolecular Hbond substituents is 1. The van der Waals surface area contributed by atoms with Gasteiger partial charge in [-0.05, 0) is 22.2 Å². The standard InChI is InChI=1S/C14H10O/c15-13-7-3-5-11-9-8-10-4-1-2-6-12(10)14(11)13/h1-9,15H/i1D,2D,3D,4D,5D,6D,7D,8D,9D. The van der Waals surface area contributed by atoms with Gasteiger partial charge in [0.2, 0.25) is 0 Å². The maximum atomic E-state index is 10.3. The highest BCUT2D eigenvalue weighted by Gasteiger charge is 2.03. The summed E-state index contributed by atoms with van der Waals surface area (Å²) < 4.78 is 70.9. The normalized spacial score (nSPS) is 19.3. The molecule has 72 valence electrons. The van der Waals surface area contributed by atoms with Crippen molar-refractivity contribution >= 4 is 21.5 Å². The largest absolute Gasteiger partial charge is 0.507 e. The van der Waals surface area contributed by atoms with Gasteiger partial charge in [-0.2, -0.15) is 0 Å². The lowest BCUT2D eigenvalue weighted by molar-refractivity contribution is 0.482. The van der Waals surface area contributed by atoms with Crippen LogP contribution < -0.4 is 0 Å². The molecule has 0 aliphatic rings. The first kappa shape index (κ1) is 3.24. The van der Waals surface area contributed by atoms with Crippen molar-refractivity contribution in [2.45, 2.75) is 0 Å². The van der Waals surface area contributed by atoms with Crippen LogP contribution in [0.5, 0.6) is 5.75 Å². The van der Waals surface area contributed by atoms with Gasteiger partial charge >= 0.3 is 0 Å². The summed E-state index contributed by atoms with van der Waals surface area (Å²) in [4.78, 5) is 0. The predicted octanol–water partition coefficient (Wildman–Crippen LogP) is 3.70. The van der Waals surface area contributed by atoms with E-state index in [4.69, 9.17) is 12.3 Å². The minimum Gasteiger partial charge on any atom is -0.507 e. The maximum Gasteiger partial charge on any atom is 0.124 e. The monoisotopic (exact) mass is 203 g/mol. The van der Waals surface area contributed by atoms with E-state index in [0.717, 1.165) is 0 Å². The van der Waals surface area contributed by atoms with Crippen molar-refractivity contribution in [3.63, 3.8) is 0 Å². The van der Waals surface area contributed by atoms with Gasteiger partial charge in [0.1, 0.15) is 5.75 Å². The first-order chi connectivity index (χ1) is 11.1. The van der Waals surface area contributed by atoms with Crippen molar-refractivity contribution in [3.8, 4) is 5.75 Å². The highest BCUT2D eigenvalue weighted by molar-refractivity contribution is 6.10. The summed E-state index contributed by atoms with van der Waals surface area (Å²) >= 11 is 0. The van der Waals surface area contributed by atoms with Crippen LogP contribution in [0.4, 0.5) is 0 Å². The van der Waals surface area contributed by atoms with Gasteiger partial charge in [-0.1, -0.05) is 48.3 Å². The molecule has 0 aliphatic heterocycles. The van der Waals surface area contributed by atoms with Crippen LogP contribution in [0.2, 0.25) is 0 Å². The third-order valence-electron chi connectivity index (χ3n) is 2.11. The molecule has 0 spiro atoms. The zero-order valence-corrected chi connectivity index (χ0v) is 7.45. The summed E-state index contributed by atoms with van der Waals surface area (Å²) in [5.74, 6) is -0.741. The molecule has 15 heavy (non-hydrogen) atoms. The quantitative estimate of drug-likeness (QED) is 0.552. The van der Waals surface area contributed by atoms with Gasteiger partial charge in [0, 0.05) is 5.39 Å². The van der Waals surface area contributed by atoms with E-state index >= 15 is 0 Å². The number of aromatic hydroxyl groups is 1. The molecule has 1 N–H and O–H groups in total. The number of benzene rings is 3. The average molecular weight is 203 g/mol. The van der Waals surface area contributed by atoms with Crippen LogP contribution in [0.15, 0.2) is 54.4 Å². The third kappa shape index (κ3) is 1.17. The van der Waals surface area contributed by atoms with Crippen molar-refractivity contribution in [3.05, 3.63) is 54.4 Å². The number of hydrogen-bond acceptors (Lipinski definition) is 1. The molecule has 0 unspecified atom stereocenters. The van der Waals surface area contributed by atoms with E-state index in [1.165, 1.54) is 0 Å². The van der Waals surface area contributed by atoms with Crippen LogP contribution in [0.25, 0.3) is 21.5 Å². The molecule has 0 saturated carbocycles. The zero-order valence-electron chi connectivity index (χ0n) is 16.4. The minimum absolute atomic E-state index is 0.225. The second-order valence-corrected chi connectivity index (χ2v) is 2.97. The van der Waals surface area contributed by atoms with Crippen LogP contribution in [0.1, 0.15) is 12.3 Å². The van der Waals surface area contributed by atoms with Crippen molar-refractivity contribution in [1.82, 2.24) is 0 Å². The summed E-state index contributed by atoms with van der Waals surface area (Å²) in [7, 11) is 0. The van der Waals surface area contributed by atoms with Crippen LogP contribution in [-0.2, 0) is 0 Å². The second-order valence-electron chi connectivity index (χ2n) is 2.97. The topological polar surface area (TPSA) is 20.2 Å². The average Bonchev–Trinajstić information content (AvgIpc) is 2.56. The summed E-state index contributed by atoms with van der Waals surface area (Å²) in [5, 5.41) is 9.22. The molecule has 3 aromatic carbocycles. The van der Waals surface area contributed by atoms with Gasteiger partial charge in [0.25, 0.3) is 0 Å². The Bertz CT molecular complexity index is 974. The third-order valence-corrected chi connectivity index (χ3v) is 2.11. The molecule has 0 bridgehead atoms. The molecule has 3 aromatic rings. The van der Waals surface area contributed by atoms with Crippen LogP contribution >= 0.6 is 0 Å². The fraction of sp³-hybridized carbons (Fsp3) is 0. The second kappa shape index (κ2) is 2.99. The molecule has 0 radical (unpaired) electrons. The number of phenols is 1. The highest BCUT2D eigenvalue weighted by Crippen LogP contribution is 2.31. The van der Waals surface area contributed by atoms with Crippen LogP contribution in [0, 0.1) is 0 Å². The van der Waals surface area contributed by atoms with Crippen molar-refractivity contribution in [1.29, 1.82) is 0 Å². The molecule has 0 amide bonds. The zero-order chi connectivity index (χ0) is 18.1. The van der Waals surface area contributed by atoms with E-state index < -0.39 is 60.1 Å². The van der Waals surface area contributed by atoms with Gasteiger partial charge in [0.15, 0.2) is 0 Å². The molecular weight excluding hydrogens is 184 g/mol. The van der Waals surface area contributed by atoms with Crippen LogP contribution in [-0.4, -0.2) is 5.11 Å². The molecule has 0 fully saturated rings. The molecule has 0 aliphatic carbocycles. The van der Waals surface area contributed by atoms with E-state index in [1.54, 1.807) is 0 Å². The molecule has 3 rings (SSSR count). The van der Waals surface area contributed by atoms with Gasteiger partial charge in [0.05, 0.1) is 12.3 Å². The summed E-state index contributed by atoms with van der Waals surface area (Å²) in [6.45, 7) is 0.